The lowest BCUT2D eigenvalue weighted by Gasteiger charge is -2.35. The van der Waals surface area contributed by atoms with Gasteiger partial charge in [-0.25, -0.2) is 26.7 Å². The standard InChI is InChI=1S/C32H31ClF2N4O5S2/c1-18(34)24-10-11-25(37-24)28-26-15-32(41,16-36-46(42,43)21-6-3-5-19(13-21)31(40)44-2)17-39(26)30(27-7-4-12-45-27)38-29(28)22-9-8-20(35)14-23(22)33/h3-6,8-14,18,24,27,29,36,41H,7,15-17H2,1-2H3/t18?,24?,27?,29-,32+/m0/s1. The number of alkyl halides is 1. The Balaban J connectivity index is 1.40. The number of aliphatic imine (C=N–C) groups is 2. The highest BCUT2D eigenvalue weighted by Gasteiger charge is 2.48. The average Bonchev–Trinajstić information content (AvgIpc) is 3.80. The van der Waals surface area contributed by atoms with Crippen LogP contribution in [0.15, 0.2) is 92.3 Å². The molecule has 5 atom stereocenters. The Bertz CT molecular complexity index is 1840. The summed E-state index contributed by atoms with van der Waals surface area (Å²) in [6.07, 6.45) is 4.83. The molecule has 4 aliphatic rings. The van der Waals surface area contributed by atoms with Crippen LogP contribution in [0.2, 0.25) is 5.02 Å². The van der Waals surface area contributed by atoms with E-state index in [-0.39, 0.29) is 40.2 Å². The zero-order chi connectivity index (χ0) is 32.8. The van der Waals surface area contributed by atoms with E-state index in [0.29, 0.717) is 34.8 Å². The van der Waals surface area contributed by atoms with Crippen LogP contribution in [0.5, 0.6) is 0 Å². The summed E-state index contributed by atoms with van der Waals surface area (Å²) < 4.78 is 62.3. The van der Waals surface area contributed by atoms with Gasteiger partial charge in [0.2, 0.25) is 10.0 Å². The monoisotopic (exact) mass is 688 g/mol. The SMILES string of the molecule is COC(=O)c1cccc(S(=O)(=O)NC[C@]2(O)CC3=C(C4=NC(C(C)F)C=C4)[C@H](c4ccc(F)cc4Cl)N=C(C4CC=CS4)N3C2)c1. The largest absolute Gasteiger partial charge is 0.465 e. The lowest BCUT2D eigenvalue weighted by molar-refractivity contribution is 0.0596. The number of thioether (sulfide) groups is 1. The fourth-order valence-electron chi connectivity index (χ4n) is 5.97. The molecular formula is C32H31ClF2N4O5S2. The summed E-state index contributed by atoms with van der Waals surface area (Å²) >= 11 is 8.15. The van der Waals surface area contributed by atoms with Gasteiger partial charge in [0.05, 0.1) is 41.1 Å². The van der Waals surface area contributed by atoms with Gasteiger partial charge < -0.3 is 14.7 Å². The third kappa shape index (κ3) is 6.30. The van der Waals surface area contributed by atoms with Crippen LogP contribution in [0.25, 0.3) is 0 Å². The fraction of sp³-hybridized carbons (Fsp3) is 0.344. The number of ether oxygens (including phenoxy) is 1. The second kappa shape index (κ2) is 12.7. The molecular weight excluding hydrogens is 658 g/mol. The van der Waals surface area contributed by atoms with Gasteiger partial charge in [-0.2, -0.15) is 0 Å². The Morgan fingerprint density at radius 1 is 1.28 bits per heavy atom. The van der Waals surface area contributed by atoms with E-state index in [4.69, 9.17) is 21.3 Å². The fourth-order valence-corrected chi connectivity index (χ4v) is 8.35. The molecule has 3 unspecified atom stereocenters. The number of nitrogens with one attached hydrogen (secondary N) is 1. The van der Waals surface area contributed by atoms with Gasteiger partial charge in [0.25, 0.3) is 0 Å². The molecule has 1 saturated heterocycles. The highest BCUT2D eigenvalue weighted by molar-refractivity contribution is 8.03. The number of rotatable bonds is 9. The topological polar surface area (TPSA) is 121 Å². The predicted octanol–water partition coefficient (Wildman–Crippen LogP) is 5.14. The molecule has 0 spiro atoms. The van der Waals surface area contributed by atoms with Gasteiger partial charge in [0.1, 0.15) is 29.5 Å². The van der Waals surface area contributed by atoms with Crippen LogP contribution in [0, 0.1) is 5.82 Å². The van der Waals surface area contributed by atoms with Crippen molar-refractivity contribution in [3.05, 3.63) is 99.3 Å². The lowest BCUT2D eigenvalue weighted by atomic mass is 9.89. The summed E-state index contributed by atoms with van der Waals surface area (Å²) in [6, 6.07) is 8.03. The van der Waals surface area contributed by atoms with E-state index in [0.717, 1.165) is 0 Å². The third-order valence-corrected chi connectivity index (χ3v) is 11.1. The molecule has 46 heavy (non-hydrogen) atoms. The van der Waals surface area contributed by atoms with Crippen molar-refractivity contribution in [1.82, 2.24) is 9.62 Å². The highest BCUT2D eigenvalue weighted by Crippen LogP contribution is 2.47. The molecule has 0 bridgehead atoms. The Morgan fingerprint density at radius 3 is 2.76 bits per heavy atom. The van der Waals surface area contributed by atoms with E-state index >= 15 is 0 Å². The van der Waals surface area contributed by atoms with Gasteiger partial charge >= 0.3 is 5.97 Å². The van der Waals surface area contributed by atoms with E-state index in [2.05, 4.69) is 9.71 Å². The molecule has 2 aromatic carbocycles. The smallest absolute Gasteiger partial charge is 0.337 e. The van der Waals surface area contributed by atoms with Crippen molar-refractivity contribution in [2.75, 3.05) is 20.2 Å². The number of carbonyl (C=O) groups is 1. The van der Waals surface area contributed by atoms with E-state index in [1.54, 1.807) is 30.0 Å². The molecule has 1 fully saturated rings. The second-order valence-corrected chi connectivity index (χ2v) is 14.8. The number of esters is 1. The van der Waals surface area contributed by atoms with Crippen molar-refractivity contribution in [1.29, 1.82) is 0 Å². The molecule has 6 rings (SSSR count). The Labute approximate surface area is 274 Å². The van der Waals surface area contributed by atoms with Crippen molar-refractivity contribution in [3.63, 3.8) is 0 Å². The molecule has 0 aromatic heterocycles. The van der Waals surface area contributed by atoms with Crippen LogP contribution in [-0.4, -0.2) is 79.2 Å². The summed E-state index contributed by atoms with van der Waals surface area (Å²) in [6.45, 7) is 1.07. The van der Waals surface area contributed by atoms with Crippen LogP contribution < -0.4 is 4.72 Å². The summed E-state index contributed by atoms with van der Waals surface area (Å²) in [5.41, 5.74) is 0.682. The van der Waals surface area contributed by atoms with Crippen LogP contribution in [-0.2, 0) is 14.8 Å². The third-order valence-electron chi connectivity index (χ3n) is 8.27. The average molecular weight is 689 g/mol. The Kier molecular flexibility index (Phi) is 8.98. The first kappa shape index (κ1) is 32.6. The number of allylic oxidation sites excluding steroid dienone is 2. The first-order valence-electron chi connectivity index (χ1n) is 14.5. The molecule has 0 saturated carbocycles. The Hall–Kier alpha value is -3.36. The molecule has 242 valence electrons. The van der Waals surface area contributed by atoms with Crippen molar-refractivity contribution in [2.24, 2.45) is 9.98 Å². The van der Waals surface area contributed by atoms with Crippen molar-refractivity contribution in [2.45, 2.75) is 53.8 Å². The second-order valence-electron chi connectivity index (χ2n) is 11.5. The number of nitrogens with zero attached hydrogens (tertiary/aromatic N) is 3. The maximum Gasteiger partial charge on any atom is 0.337 e. The zero-order valence-corrected chi connectivity index (χ0v) is 27.2. The molecule has 2 aromatic rings. The van der Waals surface area contributed by atoms with Gasteiger partial charge in [-0.3, -0.25) is 9.98 Å². The van der Waals surface area contributed by atoms with E-state index in [9.17, 15) is 27.1 Å². The van der Waals surface area contributed by atoms with Crippen molar-refractivity contribution < 1.29 is 31.8 Å². The molecule has 4 heterocycles. The number of carbonyl (C=O) groups excluding carboxylic acids is 1. The van der Waals surface area contributed by atoms with Crippen LogP contribution in [0.4, 0.5) is 8.78 Å². The first-order valence-corrected chi connectivity index (χ1v) is 17.3. The van der Waals surface area contributed by atoms with Gasteiger partial charge in [0, 0.05) is 34.8 Å². The number of fused-ring (bicyclic) bond motifs is 1. The first-order chi connectivity index (χ1) is 21.9. The van der Waals surface area contributed by atoms with E-state index in [1.165, 1.54) is 50.4 Å². The number of sulfonamides is 1. The number of aliphatic hydroxyl groups is 1. The normalized spacial score (nSPS) is 26.3. The van der Waals surface area contributed by atoms with Crippen molar-refractivity contribution >= 4 is 50.9 Å². The van der Waals surface area contributed by atoms with Gasteiger partial charge in [-0.15, -0.1) is 11.8 Å². The van der Waals surface area contributed by atoms with E-state index in [1.807, 2.05) is 16.4 Å². The summed E-state index contributed by atoms with van der Waals surface area (Å²) in [4.78, 5) is 23.5. The van der Waals surface area contributed by atoms with Crippen LogP contribution >= 0.6 is 23.4 Å². The maximum absolute atomic E-state index is 14.4. The van der Waals surface area contributed by atoms with Gasteiger partial charge in [-0.1, -0.05) is 35.9 Å². The number of benzene rings is 2. The predicted molar refractivity (Wildman–Crippen MR) is 174 cm³/mol. The van der Waals surface area contributed by atoms with Crippen LogP contribution in [0.3, 0.4) is 0 Å². The minimum Gasteiger partial charge on any atom is -0.465 e. The van der Waals surface area contributed by atoms with Gasteiger partial charge in [0.15, 0.2) is 0 Å². The van der Waals surface area contributed by atoms with E-state index < -0.39 is 45.7 Å². The highest BCUT2D eigenvalue weighted by atomic mass is 35.5. The molecule has 0 aliphatic carbocycles. The van der Waals surface area contributed by atoms with Crippen molar-refractivity contribution in [3.8, 4) is 0 Å². The summed E-state index contributed by atoms with van der Waals surface area (Å²) in [5, 5.41) is 14.0. The Morgan fingerprint density at radius 2 is 2.09 bits per heavy atom. The molecule has 4 aliphatic heterocycles. The molecule has 2 N–H and O–H groups in total. The minimum absolute atomic E-state index is 0.00884. The number of hydrogen-bond donors (Lipinski definition) is 2. The van der Waals surface area contributed by atoms with Gasteiger partial charge in [-0.05, 0) is 55.2 Å². The number of methoxy groups -OCH3 is 1. The van der Waals surface area contributed by atoms with Crippen LogP contribution in [0.1, 0.15) is 41.7 Å². The summed E-state index contributed by atoms with van der Waals surface area (Å²) in [7, 11) is -2.95. The maximum atomic E-state index is 14.4. The number of hydrogen-bond acceptors (Lipinski definition) is 9. The lowest BCUT2D eigenvalue weighted by Crippen LogP contribution is -2.47. The number of amidine groups is 1. The summed E-state index contributed by atoms with van der Waals surface area (Å²) in [5.74, 6) is -0.538. The zero-order valence-electron chi connectivity index (χ0n) is 24.9. The molecule has 0 radical (unpaired) electrons. The molecule has 14 heteroatoms. The molecule has 9 nitrogen and oxygen atoms in total. The molecule has 0 amide bonds. The minimum atomic E-state index is -4.15. The quantitative estimate of drug-likeness (QED) is 0.350. The number of halogens is 3.